The first-order valence-electron chi connectivity index (χ1n) is 5.88. The predicted molar refractivity (Wildman–Crippen MR) is 69.8 cm³/mol. The van der Waals surface area contributed by atoms with Gasteiger partial charge in [0.25, 0.3) is 0 Å². The molecule has 0 aliphatic rings. The van der Waals surface area contributed by atoms with Gasteiger partial charge in [-0.1, -0.05) is 19.9 Å². The molecule has 0 spiro atoms. The van der Waals surface area contributed by atoms with E-state index in [0.717, 1.165) is 0 Å². The van der Waals surface area contributed by atoms with Crippen LogP contribution in [0.5, 0.6) is 0 Å². The Labute approximate surface area is 105 Å². The molecule has 18 heavy (non-hydrogen) atoms. The van der Waals surface area contributed by atoms with Gasteiger partial charge in [-0.3, -0.25) is 0 Å². The van der Waals surface area contributed by atoms with E-state index in [4.69, 9.17) is 0 Å². The van der Waals surface area contributed by atoms with Gasteiger partial charge in [-0.05, 0) is 23.8 Å². The maximum absolute atomic E-state index is 11.2. The number of nitrogens with one attached hydrogen (secondary N) is 1. The number of hydrogen-bond donors (Lipinski definition) is 1. The van der Waals surface area contributed by atoms with E-state index < -0.39 is 4.92 Å². The van der Waals surface area contributed by atoms with Crippen LogP contribution in [0, 0.1) is 16.0 Å². The van der Waals surface area contributed by atoms with E-state index in [1.165, 1.54) is 4.40 Å². The lowest BCUT2D eigenvalue weighted by atomic mass is 10.1. The summed E-state index contributed by atoms with van der Waals surface area (Å²) >= 11 is 0. The predicted octanol–water partition coefficient (Wildman–Crippen LogP) is 2.70. The van der Waals surface area contributed by atoms with E-state index in [2.05, 4.69) is 24.1 Å². The zero-order valence-corrected chi connectivity index (χ0v) is 10.6. The van der Waals surface area contributed by atoms with Gasteiger partial charge in [-0.15, -0.1) is 0 Å². The number of hydrogen-bond acceptors (Lipinski definition) is 4. The molecule has 0 aliphatic carbocycles. The van der Waals surface area contributed by atoms with Crippen molar-refractivity contribution in [3.8, 4) is 0 Å². The van der Waals surface area contributed by atoms with E-state index >= 15 is 0 Å². The van der Waals surface area contributed by atoms with E-state index in [0.29, 0.717) is 17.4 Å². The van der Waals surface area contributed by atoms with Gasteiger partial charge in [0.15, 0.2) is 0 Å². The molecule has 2 heterocycles. The maximum Gasteiger partial charge on any atom is 0.372 e. The van der Waals surface area contributed by atoms with Crippen molar-refractivity contribution in [2.75, 3.05) is 5.32 Å². The molecule has 1 unspecified atom stereocenters. The average molecular weight is 248 g/mol. The van der Waals surface area contributed by atoms with Gasteiger partial charge in [-0.25, -0.2) is 0 Å². The minimum absolute atomic E-state index is 0.0156. The van der Waals surface area contributed by atoms with Crippen LogP contribution in [0.4, 0.5) is 11.6 Å². The second kappa shape index (κ2) is 4.64. The molecule has 1 N–H and O–H groups in total. The summed E-state index contributed by atoms with van der Waals surface area (Å²) in [5.41, 5.74) is 0.572. The quantitative estimate of drug-likeness (QED) is 0.667. The van der Waals surface area contributed by atoms with Gasteiger partial charge in [0.1, 0.15) is 0 Å². The fourth-order valence-electron chi connectivity index (χ4n) is 1.64. The standard InChI is InChI=1S/C12H16N4O2/c1-8(2)9(3)13-11-12(16(17)18)15-7-5-4-6-10(15)14-11/h4-9,13H,1-3H3. The minimum Gasteiger partial charge on any atom is -0.360 e. The highest BCUT2D eigenvalue weighted by atomic mass is 16.6. The van der Waals surface area contributed by atoms with Crippen molar-refractivity contribution in [1.29, 1.82) is 0 Å². The van der Waals surface area contributed by atoms with Crippen molar-refractivity contribution in [2.24, 2.45) is 5.92 Å². The molecule has 0 fully saturated rings. The zero-order valence-electron chi connectivity index (χ0n) is 10.6. The Morgan fingerprint density at radius 1 is 1.39 bits per heavy atom. The molecule has 0 aliphatic heterocycles. The SMILES string of the molecule is CC(C)C(C)Nc1nc2ccccn2c1[N+](=O)[O-]. The normalized spacial score (nSPS) is 12.9. The molecule has 96 valence electrons. The van der Waals surface area contributed by atoms with Gasteiger partial charge in [-0.2, -0.15) is 9.38 Å². The number of anilines is 1. The van der Waals surface area contributed by atoms with Crippen LogP contribution >= 0.6 is 0 Å². The molecule has 0 amide bonds. The summed E-state index contributed by atoms with van der Waals surface area (Å²) in [5, 5.41) is 14.3. The van der Waals surface area contributed by atoms with Crippen molar-refractivity contribution in [1.82, 2.24) is 9.38 Å². The Hall–Kier alpha value is -2.11. The van der Waals surface area contributed by atoms with Crippen LogP contribution in [0.2, 0.25) is 0 Å². The largest absolute Gasteiger partial charge is 0.372 e. The van der Waals surface area contributed by atoms with Crippen LogP contribution in [0.3, 0.4) is 0 Å². The van der Waals surface area contributed by atoms with Crippen molar-refractivity contribution in [3.63, 3.8) is 0 Å². The van der Waals surface area contributed by atoms with E-state index in [9.17, 15) is 10.1 Å². The third kappa shape index (κ3) is 2.13. The Bertz CT molecular complexity index is 576. The molecule has 0 radical (unpaired) electrons. The number of nitro groups is 1. The fraction of sp³-hybridized carbons (Fsp3) is 0.417. The van der Waals surface area contributed by atoms with Crippen molar-refractivity contribution in [3.05, 3.63) is 34.5 Å². The van der Waals surface area contributed by atoms with Crippen LogP contribution in [-0.4, -0.2) is 20.3 Å². The van der Waals surface area contributed by atoms with Gasteiger partial charge in [0.05, 0.1) is 6.20 Å². The van der Waals surface area contributed by atoms with Crippen LogP contribution in [0.1, 0.15) is 20.8 Å². The fourth-order valence-corrected chi connectivity index (χ4v) is 1.64. The lowest BCUT2D eigenvalue weighted by molar-refractivity contribution is -0.389. The molecule has 2 aromatic rings. The molecule has 0 saturated heterocycles. The van der Waals surface area contributed by atoms with Crippen molar-refractivity contribution in [2.45, 2.75) is 26.8 Å². The Kier molecular flexibility index (Phi) is 3.18. The third-order valence-corrected chi connectivity index (χ3v) is 3.04. The second-order valence-corrected chi connectivity index (χ2v) is 4.65. The van der Waals surface area contributed by atoms with Gasteiger partial charge >= 0.3 is 5.82 Å². The summed E-state index contributed by atoms with van der Waals surface area (Å²) in [7, 11) is 0. The molecule has 0 bridgehead atoms. The zero-order chi connectivity index (χ0) is 13.3. The first kappa shape index (κ1) is 12.3. The number of fused-ring (bicyclic) bond motifs is 1. The smallest absolute Gasteiger partial charge is 0.360 e. The Balaban J connectivity index is 2.49. The molecule has 0 aromatic carbocycles. The summed E-state index contributed by atoms with van der Waals surface area (Å²) in [6.07, 6.45) is 1.64. The Morgan fingerprint density at radius 2 is 2.11 bits per heavy atom. The van der Waals surface area contributed by atoms with Crippen molar-refractivity contribution >= 4 is 17.3 Å². The molecule has 2 rings (SSSR count). The molecular formula is C12H16N4O2. The summed E-state index contributed by atoms with van der Waals surface area (Å²) in [6, 6.07) is 5.42. The number of pyridine rings is 1. The van der Waals surface area contributed by atoms with Crippen LogP contribution in [0.15, 0.2) is 24.4 Å². The molecule has 6 nitrogen and oxygen atoms in total. The number of aromatic nitrogens is 2. The highest BCUT2D eigenvalue weighted by Gasteiger charge is 2.23. The summed E-state index contributed by atoms with van der Waals surface area (Å²) in [4.78, 5) is 15.0. The van der Waals surface area contributed by atoms with Gasteiger partial charge < -0.3 is 15.4 Å². The molecule has 6 heteroatoms. The van der Waals surface area contributed by atoms with E-state index in [-0.39, 0.29) is 11.9 Å². The van der Waals surface area contributed by atoms with Crippen LogP contribution in [0.25, 0.3) is 5.65 Å². The minimum atomic E-state index is -0.407. The lowest BCUT2D eigenvalue weighted by Gasteiger charge is -2.16. The van der Waals surface area contributed by atoms with Crippen LogP contribution in [-0.2, 0) is 0 Å². The van der Waals surface area contributed by atoms with Crippen LogP contribution < -0.4 is 5.32 Å². The second-order valence-electron chi connectivity index (χ2n) is 4.65. The molecule has 2 aromatic heterocycles. The van der Waals surface area contributed by atoms with E-state index in [1.54, 1.807) is 18.3 Å². The monoisotopic (exact) mass is 248 g/mol. The molecule has 1 atom stereocenters. The van der Waals surface area contributed by atoms with Gasteiger partial charge in [0, 0.05) is 12.1 Å². The van der Waals surface area contributed by atoms with Crippen molar-refractivity contribution < 1.29 is 4.92 Å². The highest BCUT2D eigenvalue weighted by molar-refractivity contribution is 5.62. The summed E-state index contributed by atoms with van der Waals surface area (Å²) < 4.78 is 1.48. The lowest BCUT2D eigenvalue weighted by Crippen LogP contribution is -2.22. The third-order valence-electron chi connectivity index (χ3n) is 3.04. The first-order valence-corrected chi connectivity index (χ1v) is 5.88. The van der Waals surface area contributed by atoms with E-state index in [1.807, 2.05) is 13.0 Å². The summed E-state index contributed by atoms with van der Waals surface area (Å²) in [5.74, 6) is 0.680. The maximum atomic E-state index is 11.2. The first-order chi connectivity index (χ1) is 8.50. The molecule has 0 saturated carbocycles. The summed E-state index contributed by atoms with van der Waals surface area (Å²) in [6.45, 7) is 6.09. The highest BCUT2D eigenvalue weighted by Crippen LogP contribution is 2.26. The number of imidazole rings is 1. The molecular weight excluding hydrogens is 232 g/mol. The number of rotatable bonds is 4. The number of nitrogens with zero attached hydrogens (tertiary/aromatic N) is 3. The average Bonchev–Trinajstić information content (AvgIpc) is 2.66. The topological polar surface area (TPSA) is 72.5 Å². The Morgan fingerprint density at radius 3 is 2.72 bits per heavy atom. The van der Waals surface area contributed by atoms with Gasteiger partial charge in [0.2, 0.25) is 11.5 Å².